The first-order valence-corrected chi connectivity index (χ1v) is 5.28. The van der Waals surface area contributed by atoms with Crippen LogP contribution in [0.2, 0.25) is 0 Å². The van der Waals surface area contributed by atoms with Gasteiger partial charge < -0.3 is 10.0 Å². The lowest BCUT2D eigenvalue weighted by molar-refractivity contribution is 0.231. The summed E-state index contributed by atoms with van der Waals surface area (Å²) in [5.41, 5.74) is 0.346. The Morgan fingerprint density at radius 2 is 2.00 bits per heavy atom. The van der Waals surface area contributed by atoms with E-state index in [4.69, 9.17) is 5.11 Å². The van der Waals surface area contributed by atoms with E-state index in [0.717, 1.165) is 12.1 Å². The molecule has 0 saturated carbocycles. The molecule has 0 spiro atoms. The molecule has 1 rings (SSSR count). The third kappa shape index (κ3) is 3.25. The molecule has 1 aromatic carbocycles. The van der Waals surface area contributed by atoms with Crippen molar-refractivity contribution in [3.63, 3.8) is 0 Å². The first kappa shape index (κ1) is 13.1. The van der Waals surface area contributed by atoms with Crippen molar-refractivity contribution in [2.24, 2.45) is 0 Å². The van der Waals surface area contributed by atoms with E-state index in [0.29, 0.717) is 18.4 Å². The number of hydrogen-bond acceptors (Lipinski definition) is 2. The predicted molar refractivity (Wildman–Crippen MR) is 59.1 cm³/mol. The Morgan fingerprint density at radius 3 is 2.56 bits per heavy atom. The maximum absolute atomic E-state index is 13.6. The van der Waals surface area contributed by atoms with Gasteiger partial charge in [0, 0.05) is 18.2 Å². The van der Waals surface area contributed by atoms with Gasteiger partial charge in [0.15, 0.2) is 0 Å². The summed E-state index contributed by atoms with van der Waals surface area (Å²) in [7, 11) is 3.62. The van der Waals surface area contributed by atoms with E-state index in [1.165, 1.54) is 6.07 Å². The van der Waals surface area contributed by atoms with E-state index in [2.05, 4.69) is 0 Å². The highest BCUT2D eigenvalue weighted by atomic mass is 19.1. The van der Waals surface area contributed by atoms with Crippen LogP contribution >= 0.6 is 0 Å². The molecule has 0 bridgehead atoms. The van der Waals surface area contributed by atoms with Gasteiger partial charge in [-0.2, -0.15) is 0 Å². The second kappa shape index (κ2) is 5.92. The Kier molecular flexibility index (Phi) is 4.83. The van der Waals surface area contributed by atoms with Gasteiger partial charge >= 0.3 is 0 Å². The van der Waals surface area contributed by atoms with Crippen LogP contribution in [0.15, 0.2) is 18.2 Å². The second-order valence-electron chi connectivity index (χ2n) is 4.01. The topological polar surface area (TPSA) is 23.5 Å². The molecule has 0 heterocycles. The van der Waals surface area contributed by atoms with E-state index < -0.39 is 11.6 Å². The lowest BCUT2D eigenvalue weighted by Crippen LogP contribution is -2.21. The summed E-state index contributed by atoms with van der Waals surface area (Å²) in [6.45, 7) is 0.0568. The van der Waals surface area contributed by atoms with Crippen molar-refractivity contribution >= 4 is 0 Å². The Hall–Kier alpha value is -1.00. The molecule has 1 aromatic rings. The summed E-state index contributed by atoms with van der Waals surface area (Å²) in [5.74, 6) is -0.842. The molecule has 1 unspecified atom stereocenters. The average Bonchev–Trinajstić information content (AvgIpc) is 2.23. The van der Waals surface area contributed by atoms with Gasteiger partial charge in [0.1, 0.15) is 11.6 Å². The van der Waals surface area contributed by atoms with Crippen LogP contribution in [0.1, 0.15) is 24.4 Å². The van der Waals surface area contributed by atoms with Crippen molar-refractivity contribution in [3.05, 3.63) is 35.4 Å². The molecular weight excluding hydrogens is 212 g/mol. The van der Waals surface area contributed by atoms with E-state index >= 15 is 0 Å². The summed E-state index contributed by atoms with van der Waals surface area (Å²) >= 11 is 0. The van der Waals surface area contributed by atoms with Crippen LogP contribution in [0.5, 0.6) is 0 Å². The Bertz CT molecular complexity index is 342. The third-order valence-corrected chi connectivity index (χ3v) is 2.58. The number of halogens is 2. The van der Waals surface area contributed by atoms with E-state index in [-0.39, 0.29) is 12.6 Å². The molecule has 0 aliphatic rings. The fourth-order valence-corrected chi connectivity index (χ4v) is 1.75. The minimum Gasteiger partial charge on any atom is -0.396 e. The molecule has 0 amide bonds. The van der Waals surface area contributed by atoms with Gasteiger partial charge in [-0.05, 0) is 45.1 Å². The van der Waals surface area contributed by atoms with Crippen LogP contribution < -0.4 is 0 Å². The zero-order chi connectivity index (χ0) is 12.1. The van der Waals surface area contributed by atoms with E-state index in [1.807, 2.05) is 19.0 Å². The second-order valence-corrected chi connectivity index (χ2v) is 4.01. The lowest BCUT2D eigenvalue weighted by atomic mass is 10.0. The number of rotatable bonds is 5. The number of aliphatic hydroxyl groups is 1. The van der Waals surface area contributed by atoms with Crippen LogP contribution in [0.3, 0.4) is 0 Å². The molecule has 0 aliphatic carbocycles. The van der Waals surface area contributed by atoms with Gasteiger partial charge in [-0.1, -0.05) is 0 Å². The van der Waals surface area contributed by atoms with Gasteiger partial charge in [0.2, 0.25) is 0 Å². The molecular formula is C12H17F2NO. The van der Waals surface area contributed by atoms with Gasteiger partial charge in [-0.15, -0.1) is 0 Å². The zero-order valence-electron chi connectivity index (χ0n) is 9.58. The number of hydrogen-bond donors (Lipinski definition) is 1. The van der Waals surface area contributed by atoms with E-state index in [9.17, 15) is 8.78 Å². The summed E-state index contributed by atoms with van der Waals surface area (Å²) in [4.78, 5) is 1.83. The van der Waals surface area contributed by atoms with Gasteiger partial charge in [-0.25, -0.2) is 8.78 Å². The van der Waals surface area contributed by atoms with Crippen LogP contribution in [-0.4, -0.2) is 30.7 Å². The van der Waals surface area contributed by atoms with Crippen molar-refractivity contribution < 1.29 is 13.9 Å². The van der Waals surface area contributed by atoms with Crippen molar-refractivity contribution in [3.8, 4) is 0 Å². The first-order chi connectivity index (χ1) is 7.56. The maximum Gasteiger partial charge on any atom is 0.128 e. The summed E-state index contributed by atoms with van der Waals surface area (Å²) in [6.07, 6.45) is 1.17. The monoisotopic (exact) mass is 229 g/mol. The molecule has 1 N–H and O–H groups in total. The van der Waals surface area contributed by atoms with Crippen LogP contribution in [-0.2, 0) is 0 Å². The highest BCUT2D eigenvalue weighted by Gasteiger charge is 2.18. The van der Waals surface area contributed by atoms with Crippen molar-refractivity contribution in [2.75, 3.05) is 20.7 Å². The van der Waals surface area contributed by atoms with Gasteiger partial charge in [0.05, 0.1) is 0 Å². The predicted octanol–water partition coefficient (Wildman–Crippen LogP) is 2.34. The summed E-state index contributed by atoms with van der Waals surface area (Å²) < 4.78 is 26.6. The van der Waals surface area contributed by atoms with Crippen LogP contribution in [0.4, 0.5) is 8.78 Å². The highest BCUT2D eigenvalue weighted by Crippen LogP contribution is 2.26. The minimum atomic E-state index is -0.438. The summed E-state index contributed by atoms with van der Waals surface area (Å²) in [5, 5.41) is 8.78. The molecule has 0 aliphatic heterocycles. The van der Waals surface area contributed by atoms with Gasteiger partial charge in [0.25, 0.3) is 0 Å². The van der Waals surface area contributed by atoms with Crippen molar-refractivity contribution in [1.29, 1.82) is 0 Å². The smallest absolute Gasteiger partial charge is 0.128 e. The quantitative estimate of drug-likeness (QED) is 0.837. The molecule has 4 heteroatoms. The minimum absolute atomic E-state index is 0.0568. The fourth-order valence-electron chi connectivity index (χ4n) is 1.75. The van der Waals surface area contributed by atoms with Crippen molar-refractivity contribution in [2.45, 2.75) is 18.9 Å². The lowest BCUT2D eigenvalue weighted by Gasteiger charge is -2.25. The molecule has 0 fully saturated rings. The fraction of sp³-hybridized carbons (Fsp3) is 0.500. The Morgan fingerprint density at radius 1 is 1.31 bits per heavy atom. The molecule has 0 aromatic heterocycles. The average molecular weight is 229 g/mol. The number of benzene rings is 1. The third-order valence-electron chi connectivity index (χ3n) is 2.58. The molecule has 0 radical (unpaired) electrons. The SMILES string of the molecule is CN(C)C(CCCO)c1cc(F)ccc1F. The molecule has 90 valence electrons. The van der Waals surface area contributed by atoms with Gasteiger partial charge in [-0.3, -0.25) is 0 Å². The zero-order valence-corrected chi connectivity index (χ0v) is 9.58. The number of aliphatic hydroxyl groups excluding tert-OH is 1. The van der Waals surface area contributed by atoms with Crippen LogP contribution in [0.25, 0.3) is 0 Å². The first-order valence-electron chi connectivity index (χ1n) is 5.28. The van der Waals surface area contributed by atoms with Crippen LogP contribution in [0, 0.1) is 11.6 Å². The molecule has 0 saturated heterocycles. The Labute approximate surface area is 94.5 Å². The Balaban J connectivity index is 2.95. The molecule has 16 heavy (non-hydrogen) atoms. The van der Waals surface area contributed by atoms with Crippen molar-refractivity contribution in [1.82, 2.24) is 4.90 Å². The normalized spacial score (nSPS) is 13.1. The molecule has 2 nitrogen and oxygen atoms in total. The number of nitrogens with zero attached hydrogens (tertiary/aromatic N) is 1. The van der Waals surface area contributed by atoms with E-state index in [1.54, 1.807) is 0 Å². The maximum atomic E-state index is 13.6. The standard InChI is InChI=1S/C12H17F2NO/c1-15(2)12(4-3-7-16)10-8-9(13)5-6-11(10)14/h5-6,8,12,16H,3-4,7H2,1-2H3. The summed E-state index contributed by atoms with van der Waals surface area (Å²) in [6, 6.07) is 3.26. The highest BCUT2D eigenvalue weighted by molar-refractivity contribution is 5.22. The largest absolute Gasteiger partial charge is 0.396 e. The molecule has 1 atom stereocenters.